The first kappa shape index (κ1) is 18.6. The molecule has 3 nitrogen and oxygen atoms in total. The SMILES string of the molecule is CC(=O)N1N=C(/C=C/C2C(C)=CCCC2(C)C)CC1c1ccc(C)cc1. The summed E-state index contributed by atoms with van der Waals surface area (Å²) in [5.74, 6) is 0.427. The smallest absolute Gasteiger partial charge is 0.240 e. The number of amides is 1. The molecule has 3 rings (SSSR count). The van der Waals surface area contributed by atoms with Crippen LogP contribution >= 0.6 is 0 Å². The second kappa shape index (κ2) is 7.22. The third-order valence-corrected chi connectivity index (χ3v) is 5.79. The summed E-state index contributed by atoms with van der Waals surface area (Å²) in [6.45, 7) is 10.6. The van der Waals surface area contributed by atoms with Crippen molar-refractivity contribution < 1.29 is 4.79 Å². The third kappa shape index (κ3) is 3.82. The third-order valence-electron chi connectivity index (χ3n) is 5.79. The highest BCUT2D eigenvalue weighted by molar-refractivity contribution is 5.98. The van der Waals surface area contributed by atoms with E-state index in [-0.39, 0.29) is 17.4 Å². The van der Waals surface area contributed by atoms with Gasteiger partial charge in [0.25, 0.3) is 0 Å². The number of carbonyl (C=O) groups excluding carboxylic acids is 1. The van der Waals surface area contributed by atoms with E-state index in [4.69, 9.17) is 0 Å². The van der Waals surface area contributed by atoms with Gasteiger partial charge in [0.1, 0.15) is 0 Å². The first-order chi connectivity index (χ1) is 12.3. The Morgan fingerprint density at radius 3 is 2.54 bits per heavy atom. The van der Waals surface area contributed by atoms with Crippen molar-refractivity contribution in [2.45, 2.75) is 59.9 Å². The highest BCUT2D eigenvalue weighted by Crippen LogP contribution is 2.42. The molecule has 0 fully saturated rings. The molecular weight excluding hydrogens is 320 g/mol. The molecule has 1 aliphatic heterocycles. The van der Waals surface area contributed by atoms with Crippen molar-refractivity contribution in [1.29, 1.82) is 0 Å². The molecule has 0 aromatic heterocycles. The van der Waals surface area contributed by atoms with Crippen LogP contribution in [0.2, 0.25) is 0 Å². The molecule has 2 unspecified atom stereocenters. The van der Waals surface area contributed by atoms with Gasteiger partial charge in [-0.2, -0.15) is 5.10 Å². The largest absolute Gasteiger partial charge is 0.273 e. The lowest BCUT2D eigenvalue weighted by atomic mass is 9.68. The van der Waals surface area contributed by atoms with Gasteiger partial charge in [0, 0.05) is 19.3 Å². The molecule has 0 N–H and O–H groups in total. The van der Waals surface area contributed by atoms with Crippen LogP contribution in [0.3, 0.4) is 0 Å². The molecule has 0 spiro atoms. The van der Waals surface area contributed by atoms with E-state index in [0.717, 1.165) is 24.1 Å². The minimum absolute atomic E-state index is 0.00348. The number of nitrogens with zero attached hydrogens (tertiary/aromatic N) is 2. The second-order valence-electron chi connectivity index (χ2n) is 8.40. The Morgan fingerprint density at radius 1 is 1.23 bits per heavy atom. The van der Waals surface area contributed by atoms with Gasteiger partial charge in [-0.25, -0.2) is 5.01 Å². The van der Waals surface area contributed by atoms with Crippen LogP contribution in [0.15, 0.2) is 53.2 Å². The van der Waals surface area contributed by atoms with Gasteiger partial charge in [-0.3, -0.25) is 4.79 Å². The first-order valence-electron chi connectivity index (χ1n) is 9.56. The van der Waals surface area contributed by atoms with Crippen LogP contribution < -0.4 is 0 Å². The molecule has 2 atom stereocenters. The summed E-state index contributed by atoms with van der Waals surface area (Å²) in [6.07, 6.45) is 9.93. The lowest BCUT2D eigenvalue weighted by Gasteiger charge is -2.36. The molecule has 1 aliphatic carbocycles. The van der Waals surface area contributed by atoms with Gasteiger partial charge in [-0.05, 0) is 43.7 Å². The molecule has 0 saturated heterocycles. The van der Waals surface area contributed by atoms with Crippen LogP contribution in [0.5, 0.6) is 0 Å². The highest BCUT2D eigenvalue weighted by atomic mass is 16.2. The van der Waals surface area contributed by atoms with E-state index in [0.29, 0.717) is 5.92 Å². The van der Waals surface area contributed by atoms with Crippen LogP contribution in [-0.4, -0.2) is 16.6 Å². The zero-order valence-electron chi connectivity index (χ0n) is 16.6. The van der Waals surface area contributed by atoms with Crippen LogP contribution in [0.4, 0.5) is 0 Å². The van der Waals surface area contributed by atoms with E-state index in [1.807, 2.05) is 0 Å². The van der Waals surface area contributed by atoms with E-state index >= 15 is 0 Å². The fraction of sp³-hybridized carbons (Fsp3) is 0.478. The topological polar surface area (TPSA) is 32.7 Å². The van der Waals surface area contributed by atoms with Gasteiger partial charge in [-0.1, -0.05) is 61.4 Å². The normalized spacial score (nSPS) is 25.3. The van der Waals surface area contributed by atoms with E-state index in [2.05, 4.69) is 75.3 Å². The second-order valence-corrected chi connectivity index (χ2v) is 8.40. The summed E-state index contributed by atoms with van der Waals surface area (Å²) in [7, 11) is 0. The van der Waals surface area contributed by atoms with Crippen molar-refractivity contribution >= 4 is 11.6 Å². The molecule has 138 valence electrons. The molecule has 0 bridgehead atoms. The first-order valence-corrected chi connectivity index (χ1v) is 9.56. The van der Waals surface area contributed by atoms with Gasteiger partial charge >= 0.3 is 0 Å². The number of aryl methyl sites for hydroxylation is 1. The van der Waals surface area contributed by atoms with Crippen LogP contribution in [0.1, 0.15) is 64.1 Å². The Hall–Kier alpha value is -2.16. The van der Waals surface area contributed by atoms with E-state index < -0.39 is 0 Å². The summed E-state index contributed by atoms with van der Waals surface area (Å²) < 4.78 is 0. The Labute approximate surface area is 157 Å². The fourth-order valence-electron chi connectivity index (χ4n) is 4.16. The molecule has 1 heterocycles. The zero-order chi connectivity index (χ0) is 18.9. The van der Waals surface area contributed by atoms with Crippen molar-refractivity contribution in [3.63, 3.8) is 0 Å². The number of hydrazone groups is 1. The van der Waals surface area contributed by atoms with Crippen molar-refractivity contribution in [2.75, 3.05) is 0 Å². The van der Waals surface area contributed by atoms with Gasteiger partial charge in [0.05, 0.1) is 11.8 Å². The quantitative estimate of drug-likeness (QED) is 0.655. The fourth-order valence-corrected chi connectivity index (χ4v) is 4.16. The van der Waals surface area contributed by atoms with Crippen molar-refractivity contribution in [1.82, 2.24) is 5.01 Å². The monoisotopic (exact) mass is 350 g/mol. The summed E-state index contributed by atoms with van der Waals surface area (Å²) in [4.78, 5) is 12.1. The van der Waals surface area contributed by atoms with Gasteiger partial charge < -0.3 is 0 Å². The van der Waals surface area contributed by atoms with Gasteiger partial charge in [0.15, 0.2) is 0 Å². The summed E-state index contributed by atoms with van der Waals surface area (Å²) in [5, 5.41) is 6.26. The van der Waals surface area contributed by atoms with E-state index in [1.54, 1.807) is 11.9 Å². The minimum Gasteiger partial charge on any atom is -0.273 e. The number of benzene rings is 1. The van der Waals surface area contributed by atoms with Gasteiger partial charge in [0.2, 0.25) is 5.91 Å². The maximum absolute atomic E-state index is 12.1. The van der Waals surface area contributed by atoms with E-state index in [1.165, 1.54) is 17.6 Å². The summed E-state index contributed by atoms with van der Waals surface area (Å²) >= 11 is 0. The predicted molar refractivity (Wildman–Crippen MR) is 108 cm³/mol. The Balaban J connectivity index is 1.81. The van der Waals surface area contributed by atoms with Gasteiger partial charge in [-0.15, -0.1) is 0 Å². The molecule has 1 aromatic rings. The molecule has 26 heavy (non-hydrogen) atoms. The molecular formula is C23H30N2O. The maximum atomic E-state index is 12.1. The lowest BCUT2D eigenvalue weighted by molar-refractivity contribution is -0.130. The van der Waals surface area contributed by atoms with Crippen molar-refractivity contribution in [3.05, 3.63) is 59.2 Å². The molecule has 0 saturated carbocycles. The predicted octanol–water partition coefficient (Wildman–Crippen LogP) is 5.58. The zero-order valence-corrected chi connectivity index (χ0v) is 16.6. The average Bonchev–Trinajstić information content (AvgIpc) is 2.99. The molecule has 3 heteroatoms. The number of hydrogen-bond acceptors (Lipinski definition) is 2. The Bertz CT molecular complexity index is 768. The minimum atomic E-state index is -0.00644. The molecule has 0 radical (unpaired) electrons. The number of carbonyl (C=O) groups is 1. The molecule has 2 aliphatic rings. The van der Waals surface area contributed by atoms with E-state index in [9.17, 15) is 4.79 Å². The number of allylic oxidation sites excluding steroid dienone is 4. The van der Waals surface area contributed by atoms with Crippen LogP contribution in [0.25, 0.3) is 0 Å². The number of rotatable bonds is 3. The Morgan fingerprint density at radius 2 is 1.92 bits per heavy atom. The lowest BCUT2D eigenvalue weighted by Crippen LogP contribution is -2.26. The van der Waals surface area contributed by atoms with Crippen molar-refractivity contribution in [3.8, 4) is 0 Å². The standard InChI is InChI=1S/C23H30N2O/c1-16-8-10-19(11-9-16)22-15-20(24-25(22)18(3)26)12-13-21-17(2)7-6-14-23(21,4)5/h7-13,21-22H,6,14-15H2,1-5H3/b13-12+. The molecule has 1 amide bonds. The van der Waals surface area contributed by atoms with Crippen LogP contribution in [-0.2, 0) is 4.79 Å². The Kier molecular flexibility index (Phi) is 5.17. The molecule has 1 aromatic carbocycles. The van der Waals surface area contributed by atoms with Crippen molar-refractivity contribution in [2.24, 2.45) is 16.4 Å². The maximum Gasteiger partial charge on any atom is 0.240 e. The highest BCUT2D eigenvalue weighted by Gasteiger charge is 2.32. The summed E-state index contributed by atoms with van der Waals surface area (Å²) in [5.41, 5.74) is 5.07. The summed E-state index contributed by atoms with van der Waals surface area (Å²) in [6, 6.07) is 8.41. The number of hydrogen-bond donors (Lipinski definition) is 0. The van der Waals surface area contributed by atoms with Crippen LogP contribution in [0, 0.1) is 18.3 Å². The average molecular weight is 351 g/mol.